The smallest absolute Gasteiger partial charge is 0.239 e. The van der Waals surface area contributed by atoms with Crippen molar-refractivity contribution in [2.45, 2.75) is 26.3 Å². The van der Waals surface area contributed by atoms with Crippen LogP contribution in [0.3, 0.4) is 0 Å². The highest BCUT2D eigenvalue weighted by Crippen LogP contribution is 2.03. The van der Waals surface area contributed by atoms with Crippen LogP contribution in [0.15, 0.2) is 24.5 Å². The summed E-state index contributed by atoms with van der Waals surface area (Å²) in [4.78, 5) is 38.7. The van der Waals surface area contributed by atoms with Gasteiger partial charge in [0.1, 0.15) is 0 Å². The van der Waals surface area contributed by atoms with Crippen LogP contribution in [-0.2, 0) is 14.4 Å². The molecule has 0 saturated carbocycles. The highest BCUT2D eigenvalue weighted by molar-refractivity contribution is 5.91. The van der Waals surface area contributed by atoms with Crippen LogP contribution in [0.2, 0.25) is 0 Å². The van der Waals surface area contributed by atoms with E-state index in [-0.39, 0.29) is 68.0 Å². The minimum Gasteiger partial charge on any atom is -0.354 e. The van der Waals surface area contributed by atoms with Gasteiger partial charge in [-0.15, -0.1) is 24.8 Å². The molecule has 142 valence electrons. The zero-order valence-electron chi connectivity index (χ0n) is 14.2. The molecule has 0 unspecified atom stereocenters. The summed E-state index contributed by atoms with van der Waals surface area (Å²) in [6.45, 7) is 3.67. The Morgan fingerprint density at radius 2 is 1.68 bits per heavy atom. The van der Waals surface area contributed by atoms with Crippen molar-refractivity contribution < 1.29 is 14.4 Å². The average Bonchev–Trinajstić information content (AvgIpc) is 2.52. The van der Waals surface area contributed by atoms with Crippen LogP contribution >= 0.6 is 24.8 Å². The summed E-state index contributed by atoms with van der Waals surface area (Å²) < 4.78 is 0. The lowest BCUT2D eigenvalue weighted by molar-refractivity contribution is -0.127. The zero-order chi connectivity index (χ0) is 17.2. The van der Waals surface area contributed by atoms with E-state index in [4.69, 9.17) is 5.73 Å². The molecule has 0 saturated heterocycles. The van der Waals surface area contributed by atoms with Crippen molar-refractivity contribution in [1.29, 1.82) is 0 Å². The normalized spacial score (nSPS) is 10.7. The fourth-order valence-corrected chi connectivity index (χ4v) is 1.62. The molecule has 5 N–H and O–H groups in total. The van der Waals surface area contributed by atoms with Crippen molar-refractivity contribution in [2.24, 2.45) is 11.7 Å². The van der Waals surface area contributed by atoms with E-state index in [2.05, 4.69) is 20.9 Å². The zero-order valence-corrected chi connectivity index (χ0v) is 15.8. The van der Waals surface area contributed by atoms with Crippen molar-refractivity contribution in [3.8, 4) is 0 Å². The second-order valence-corrected chi connectivity index (χ2v) is 5.37. The molecule has 8 nitrogen and oxygen atoms in total. The Hall–Kier alpha value is -1.90. The number of carbonyl (C=O) groups is 3. The van der Waals surface area contributed by atoms with E-state index in [1.165, 1.54) is 0 Å². The van der Waals surface area contributed by atoms with E-state index in [0.717, 1.165) is 0 Å². The molecule has 0 fully saturated rings. The van der Waals surface area contributed by atoms with Crippen LogP contribution in [0.4, 0.5) is 5.69 Å². The Morgan fingerprint density at radius 1 is 1.08 bits per heavy atom. The molecular weight excluding hydrogens is 369 g/mol. The molecule has 25 heavy (non-hydrogen) atoms. The summed E-state index contributed by atoms with van der Waals surface area (Å²) in [5.41, 5.74) is 6.30. The number of anilines is 1. The first kappa shape index (κ1) is 25.3. The second kappa shape index (κ2) is 13.4. The predicted octanol–water partition coefficient (Wildman–Crippen LogP) is 0.469. The number of hydrogen-bond donors (Lipinski definition) is 4. The van der Waals surface area contributed by atoms with E-state index in [0.29, 0.717) is 5.69 Å². The van der Waals surface area contributed by atoms with Crippen LogP contribution in [0.5, 0.6) is 0 Å². The first-order chi connectivity index (χ1) is 10.9. The number of rotatable bonds is 8. The largest absolute Gasteiger partial charge is 0.354 e. The van der Waals surface area contributed by atoms with E-state index in [9.17, 15) is 14.4 Å². The van der Waals surface area contributed by atoms with Crippen LogP contribution in [0.1, 0.15) is 20.3 Å². The first-order valence-electron chi connectivity index (χ1n) is 7.40. The third kappa shape index (κ3) is 10.5. The van der Waals surface area contributed by atoms with Crippen molar-refractivity contribution in [2.75, 3.05) is 18.4 Å². The topological polar surface area (TPSA) is 126 Å². The van der Waals surface area contributed by atoms with Gasteiger partial charge in [-0.1, -0.05) is 13.8 Å². The summed E-state index contributed by atoms with van der Waals surface area (Å²) in [6.07, 6.45) is 3.28. The summed E-state index contributed by atoms with van der Waals surface area (Å²) in [6, 6.07) is 2.70. The van der Waals surface area contributed by atoms with Crippen molar-refractivity contribution >= 4 is 48.2 Å². The van der Waals surface area contributed by atoms with E-state index in [1.807, 2.05) is 13.8 Å². The lowest BCUT2D eigenvalue weighted by Gasteiger charge is -2.15. The number of pyridine rings is 1. The minimum absolute atomic E-state index is 0. The van der Waals surface area contributed by atoms with Gasteiger partial charge in [-0.05, 0) is 18.1 Å². The predicted molar refractivity (Wildman–Crippen MR) is 101 cm³/mol. The molecule has 0 aliphatic carbocycles. The minimum atomic E-state index is -0.645. The summed E-state index contributed by atoms with van der Waals surface area (Å²) >= 11 is 0. The van der Waals surface area contributed by atoms with E-state index < -0.39 is 6.04 Å². The maximum Gasteiger partial charge on any atom is 0.239 e. The van der Waals surface area contributed by atoms with E-state index >= 15 is 0 Å². The number of nitrogens with two attached hydrogens (primary N) is 1. The third-order valence-corrected chi connectivity index (χ3v) is 3.08. The maximum atomic E-state index is 11.7. The average molecular weight is 394 g/mol. The second-order valence-electron chi connectivity index (χ2n) is 5.37. The molecular formula is C15H25Cl2N5O3. The molecule has 0 radical (unpaired) electrons. The molecule has 1 atom stereocenters. The Labute approximate surface area is 159 Å². The number of hydrogen-bond acceptors (Lipinski definition) is 5. The number of aromatic nitrogens is 1. The Kier molecular flexibility index (Phi) is 13.6. The number of carbonyl (C=O) groups excluding carboxylic acids is 3. The fraction of sp³-hybridized carbons (Fsp3) is 0.467. The number of nitrogens with zero attached hydrogens (tertiary/aromatic N) is 1. The molecule has 1 aromatic heterocycles. The van der Waals surface area contributed by atoms with Gasteiger partial charge in [-0.3, -0.25) is 19.4 Å². The molecule has 10 heteroatoms. The molecule has 0 bridgehead atoms. The molecule has 1 heterocycles. The Morgan fingerprint density at radius 3 is 2.24 bits per heavy atom. The quantitative estimate of drug-likeness (QED) is 0.510. The van der Waals surface area contributed by atoms with Gasteiger partial charge in [-0.2, -0.15) is 0 Å². The van der Waals surface area contributed by atoms with E-state index in [1.54, 1.807) is 24.5 Å². The van der Waals surface area contributed by atoms with Gasteiger partial charge in [-0.25, -0.2) is 0 Å². The van der Waals surface area contributed by atoms with Crippen molar-refractivity contribution in [3.63, 3.8) is 0 Å². The number of nitrogens with one attached hydrogen (secondary N) is 3. The molecule has 0 aliphatic heterocycles. The molecule has 0 aromatic carbocycles. The van der Waals surface area contributed by atoms with Gasteiger partial charge in [0.25, 0.3) is 0 Å². The van der Waals surface area contributed by atoms with Gasteiger partial charge in [0, 0.05) is 31.0 Å². The standard InChI is InChI=1S/C15H23N5O3.2ClH/c1-10(2)14(16)15(23)19-9-13(22)18-8-5-12(21)20-11-3-6-17-7-4-11;;/h3-4,6-7,10,14H,5,8-9,16H2,1-2H3,(H,18,22)(H,19,23)(H,17,20,21);2*1H/t14-;;/m0../s1. The molecule has 0 spiro atoms. The lowest BCUT2D eigenvalue weighted by Crippen LogP contribution is -2.47. The third-order valence-electron chi connectivity index (χ3n) is 3.08. The Bertz CT molecular complexity index is 543. The lowest BCUT2D eigenvalue weighted by atomic mass is 10.1. The van der Waals surface area contributed by atoms with Crippen LogP contribution in [0, 0.1) is 5.92 Å². The number of amides is 3. The maximum absolute atomic E-state index is 11.7. The van der Waals surface area contributed by atoms with Gasteiger partial charge >= 0.3 is 0 Å². The molecule has 3 amide bonds. The molecule has 1 aromatic rings. The van der Waals surface area contributed by atoms with Gasteiger partial charge in [0.2, 0.25) is 17.7 Å². The molecule has 1 rings (SSSR count). The van der Waals surface area contributed by atoms with Gasteiger partial charge in [0.15, 0.2) is 0 Å². The SMILES string of the molecule is CC(C)[C@H](N)C(=O)NCC(=O)NCCC(=O)Nc1ccncc1.Cl.Cl. The highest BCUT2D eigenvalue weighted by Gasteiger charge is 2.17. The van der Waals surface area contributed by atoms with Crippen LogP contribution < -0.4 is 21.7 Å². The summed E-state index contributed by atoms with van der Waals surface area (Å²) in [5.74, 6) is -0.964. The van der Waals surface area contributed by atoms with Crippen LogP contribution in [0.25, 0.3) is 0 Å². The van der Waals surface area contributed by atoms with Crippen molar-refractivity contribution in [3.05, 3.63) is 24.5 Å². The molecule has 0 aliphatic rings. The fourth-order valence-electron chi connectivity index (χ4n) is 1.62. The summed E-state index contributed by atoms with van der Waals surface area (Å²) in [5, 5.41) is 7.69. The van der Waals surface area contributed by atoms with Gasteiger partial charge < -0.3 is 21.7 Å². The highest BCUT2D eigenvalue weighted by atomic mass is 35.5. The first-order valence-corrected chi connectivity index (χ1v) is 7.40. The van der Waals surface area contributed by atoms with Crippen LogP contribution in [-0.4, -0.2) is 41.8 Å². The van der Waals surface area contributed by atoms with Gasteiger partial charge in [0.05, 0.1) is 12.6 Å². The number of halogens is 2. The Balaban J connectivity index is 0. The van der Waals surface area contributed by atoms with Crippen molar-refractivity contribution in [1.82, 2.24) is 15.6 Å². The monoisotopic (exact) mass is 393 g/mol. The summed E-state index contributed by atoms with van der Waals surface area (Å²) in [7, 11) is 0.